The predicted octanol–water partition coefficient (Wildman–Crippen LogP) is 2.56. The first kappa shape index (κ1) is 13.6. The molecule has 3 rings (SSSR count). The highest BCUT2D eigenvalue weighted by Gasteiger charge is 2.26. The first-order valence-electron chi connectivity index (χ1n) is 7.36. The summed E-state index contributed by atoms with van der Waals surface area (Å²) in [5.74, 6) is 0. The van der Waals surface area contributed by atoms with E-state index < -0.39 is 0 Å². The molecule has 1 aliphatic rings. The molecule has 0 amide bonds. The van der Waals surface area contributed by atoms with Crippen LogP contribution >= 0.6 is 0 Å². The molecule has 106 valence electrons. The van der Waals surface area contributed by atoms with E-state index in [4.69, 9.17) is 10.5 Å². The molecular weight excluding hydrogens is 248 g/mol. The smallest absolute Gasteiger partial charge is 0.0894 e. The monoisotopic (exact) mass is 270 g/mol. The lowest BCUT2D eigenvalue weighted by molar-refractivity contribution is -0.0392. The van der Waals surface area contributed by atoms with Gasteiger partial charge in [-0.15, -0.1) is 0 Å². The first-order valence-corrected chi connectivity index (χ1v) is 7.36. The number of nitrogens with two attached hydrogens (primary N) is 1. The highest BCUT2D eigenvalue weighted by Crippen LogP contribution is 2.24. The van der Waals surface area contributed by atoms with Crippen molar-refractivity contribution in [2.75, 3.05) is 26.2 Å². The van der Waals surface area contributed by atoms with E-state index in [-0.39, 0.29) is 12.1 Å². The quantitative estimate of drug-likeness (QED) is 0.931. The van der Waals surface area contributed by atoms with Crippen LogP contribution in [0.1, 0.15) is 18.5 Å². The molecule has 1 fully saturated rings. The molecule has 2 unspecified atom stereocenters. The van der Waals surface area contributed by atoms with Crippen molar-refractivity contribution in [1.82, 2.24) is 4.90 Å². The van der Waals surface area contributed by atoms with Crippen LogP contribution in [0.4, 0.5) is 0 Å². The summed E-state index contributed by atoms with van der Waals surface area (Å²) in [6.45, 7) is 5.95. The summed E-state index contributed by atoms with van der Waals surface area (Å²) in [7, 11) is 0. The van der Waals surface area contributed by atoms with E-state index in [9.17, 15) is 0 Å². The third-order valence-corrected chi connectivity index (χ3v) is 4.18. The Morgan fingerprint density at radius 3 is 2.85 bits per heavy atom. The van der Waals surface area contributed by atoms with Gasteiger partial charge in [0.15, 0.2) is 0 Å². The van der Waals surface area contributed by atoms with Gasteiger partial charge in [-0.3, -0.25) is 4.90 Å². The van der Waals surface area contributed by atoms with Gasteiger partial charge in [-0.25, -0.2) is 0 Å². The van der Waals surface area contributed by atoms with Gasteiger partial charge in [-0.2, -0.15) is 0 Å². The molecule has 2 atom stereocenters. The Bertz CT molecular complexity index is 584. The summed E-state index contributed by atoms with van der Waals surface area (Å²) in [5, 5.41) is 2.49. The molecule has 2 N–H and O–H groups in total. The van der Waals surface area contributed by atoms with Crippen LogP contribution in [0.15, 0.2) is 42.5 Å². The average molecular weight is 270 g/mol. The third kappa shape index (κ3) is 2.70. The summed E-state index contributed by atoms with van der Waals surface area (Å²) in [5.41, 5.74) is 7.58. The summed E-state index contributed by atoms with van der Waals surface area (Å²) >= 11 is 0. The molecule has 1 heterocycles. The maximum Gasteiger partial charge on any atom is 0.0894 e. The second-order valence-electron chi connectivity index (χ2n) is 5.43. The average Bonchev–Trinajstić information content (AvgIpc) is 2.53. The molecule has 20 heavy (non-hydrogen) atoms. The van der Waals surface area contributed by atoms with Crippen LogP contribution in [0.5, 0.6) is 0 Å². The number of hydrogen-bond donors (Lipinski definition) is 1. The van der Waals surface area contributed by atoms with Gasteiger partial charge in [0, 0.05) is 13.1 Å². The Morgan fingerprint density at radius 2 is 2.05 bits per heavy atom. The van der Waals surface area contributed by atoms with E-state index in [1.54, 1.807) is 0 Å². The van der Waals surface area contributed by atoms with Crippen molar-refractivity contribution in [3.8, 4) is 0 Å². The van der Waals surface area contributed by atoms with E-state index in [0.29, 0.717) is 0 Å². The van der Waals surface area contributed by atoms with Crippen LogP contribution in [-0.2, 0) is 4.74 Å². The fourth-order valence-electron chi connectivity index (χ4n) is 2.87. The minimum Gasteiger partial charge on any atom is -0.374 e. The van der Waals surface area contributed by atoms with Gasteiger partial charge in [0.25, 0.3) is 0 Å². The van der Waals surface area contributed by atoms with Gasteiger partial charge in [-0.05, 0) is 28.9 Å². The van der Waals surface area contributed by atoms with E-state index in [1.165, 1.54) is 10.8 Å². The number of morpholine rings is 1. The highest BCUT2D eigenvalue weighted by molar-refractivity contribution is 5.83. The number of benzene rings is 2. The standard InChI is InChI=1S/C17H22N2O/c1-2-19-9-10-20-16(12-19)17(18)15-8-7-13-5-3-4-6-14(13)11-15/h3-8,11,16-17H,2,9-10,12,18H2,1H3. The summed E-state index contributed by atoms with van der Waals surface area (Å²) in [4.78, 5) is 2.40. The zero-order valence-corrected chi connectivity index (χ0v) is 12.0. The lowest BCUT2D eigenvalue weighted by atomic mass is 9.98. The number of hydrogen-bond acceptors (Lipinski definition) is 3. The zero-order chi connectivity index (χ0) is 13.9. The summed E-state index contributed by atoms with van der Waals surface area (Å²) in [6, 6.07) is 14.8. The second-order valence-corrected chi connectivity index (χ2v) is 5.43. The molecule has 0 radical (unpaired) electrons. The van der Waals surface area contributed by atoms with Crippen molar-refractivity contribution < 1.29 is 4.74 Å². The van der Waals surface area contributed by atoms with Gasteiger partial charge < -0.3 is 10.5 Å². The molecule has 1 aliphatic heterocycles. The molecule has 0 aliphatic carbocycles. The van der Waals surface area contributed by atoms with E-state index >= 15 is 0 Å². The maximum atomic E-state index is 6.43. The lowest BCUT2D eigenvalue weighted by Crippen LogP contribution is -2.46. The second kappa shape index (κ2) is 5.92. The Morgan fingerprint density at radius 1 is 1.25 bits per heavy atom. The van der Waals surface area contributed by atoms with Gasteiger partial charge >= 0.3 is 0 Å². The lowest BCUT2D eigenvalue weighted by Gasteiger charge is -2.35. The highest BCUT2D eigenvalue weighted by atomic mass is 16.5. The Kier molecular flexibility index (Phi) is 4.01. The van der Waals surface area contributed by atoms with Crippen molar-refractivity contribution >= 4 is 10.8 Å². The molecule has 0 bridgehead atoms. The van der Waals surface area contributed by atoms with Gasteiger partial charge in [-0.1, -0.05) is 43.3 Å². The van der Waals surface area contributed by atoms with Crippen molar-refractivity contribution in [3.63, 3.8) is 0 Å². The van der Waals surface area contributed by atoms with Crippen molar-refractivity contribution in [1.29, 1.82) is 0 Å². The number of nitrogens with zero attached hydrogens (tertiary/aromatic N) is 1. The number of ether oxygens (including phenoxy) is 1. The summed E-state index contributed by atoms with van der Waals surface area (Å²) in [6.07, 6.45) is 0.0878. The molecular formula is C17H22N2O. The molecule has 2 aromatic carbocycles. The summed E-state index contributed by atoms with van der Waals surface area (Å²) < 4.78 is 5.87. The first-order chi connectivity index (χ1) is 9.78. The minimum absolute atomic E-state index is 0.0612. The van der Waals surface area contributed by atoms with Crippen molar-refractivity contribution in [2.45, 2.75) is 19.1 Å². The van der Waals surface area contributed by atoms with Gasteiger partial charge in [0.05, 0.1) is 18.8 Å². The predicted molar refractivity (Wildman–Crippen MR) is 82.7 cm³/mol. The molecule has 3 nitrogen and oxygen atoms in total. The fraction of sp³-hybridized carbons (Fsp3) is 0.412. The largest absolute Gasteiger partial charge is 0.374 e. The number of fused-ring (bicyclic) bond motifs is 1. The topological polar surface area (TPSA) is 38.5 Å². The van der Waals surface area contributed by atoms with Crippen LogP contribution in [0, 0.1) is 0 Å². The number of likely N-dealkylation sites (N-methyl/N-ethyl adjacent to an activating group) is 1. The third-order valence-electron chi connectivity index (χ3n) is 4.18. The minimum atomic E-state index is -0.0612. The van der Waals surface area contributed by atoms with Crippen LogP contribution < -0.4 is 5.73 Å². The normalized spacial score (nSPS) is 22.0. The fourth-order valence-corrected chi connectivity index (χ4v) is 2.87. The van der Waals surface area contributed by atoms with Crippen molar-refractivity contribution in [3.05, 3.63) is 48.0 Å². The Hall–Kier alpha value is -1.42. The zero-order valence-electron chi connectivity index (χ0n) is 12.0. The van der Waals surface area contributed by atoms with Crippen LogP contribution in [0.3, 0.4) is 0 Å². The maximum absolute atomic E-state index is 6.43. The van der Waals surface area contributed by atoms with E-state index in [2.05, 4.69) is 54.3 Å². The van der Waals surface area contributed by atoms with E-state index in [1.807, 2.05) is 0 Å². The Balaban J connectivity index is 1.82. The molecule has 1 saturated heterocycles. The van der Waals surface area contributed by atoms with Crippen molar-refractivity contribution in [2.24, 2.45) is 5.73 Å². The van der Waals surface area contributed by atoms with E-state index in [0.717, 1.165) is 31.8 Å². The Labute approximate surface area is 120 Å². The van der Waals surface area contributed by atoms with Crippen LogP contribution in [0.2, 0.25) is 0 Å². The molecule has 0 saturated carbocycles. The van der Waals surface area contributed by atoms with Gasteiger partial charge in [0.2, 0.25) is 0 Å². The van der Waals surface area contributed by atoms with Crippen LogP contribution in [0.25, 0.3) is 10.8 Å². The number of rotatable bonds is 3. The molecule has 0 spiro atoms. The molecule has 2 aromatic rings. The molecule has 0 aromatic heterocycles. The van der Waals surface area contributed by atoms with Gasteiger partial charge in [0.1, 0.15) is 0 Å². The SMILES string of the molecule is CCN1CCOC(C(N)c2ccc3ccccc3c2)C1. The molecule has 3 heteroatoms. The van der Waals surface area contributed by atoms with Crippen LogP contribution in [-0.4, -0.2) is 37.2 Å².